The fourth-order valence-electron chi connectivity index (χ4n) is 2.42. The van der Waals surface area contributed by atoms with E-state index >= 15 is 0 Å². The number of piperidine rings is 1. The Morgan fingerprint density at radius 2 is 2.14 bits per heavy atom. The third-order valence-electron chi connectivity index (χ3n) is 3.70. The van der Waals surface area contributed by atoms with Crippen LogP contribution in [0.3, 0.4) is 0 Å². The van der Waals surface area contributed by atoms with Gasteiger partial charge in [0.2, 0.25) is 15.9 Å². The van der Waals surface area contributed by atoms with Gasteiger partial charge in [0.25, 0.3) is 0 Å². The minimum atomic E-state index is -3.36. The van der Waals surface area contributed by atoms with E-state index in [4.69, 9.17) is 0 Å². The van der Waals surface area contributed by atoms with Crippen LogP contribution in [0, 0.1) is 17.6 Å². The number of rotatable bonds is 4. The zero-order valence-electron chi connectivity index (χ0n) is 12.2. The Balaban J connectivity index is 2.08. The Morgan fingerprint density at radius 3 is 2.82 bits per heavy atom. The van der Waals surface area contributed by atoms with Crippen LogP contribution >= 0.6 is 0 Å². The van der Waals surface area contributed by atoms with Crippen molar-refractivity contribution in [2.75, 3.05) is 24.2 Å². The molecular formula is C14H18F2N2O3S. The molecule has 1 amide bonds. The average Bonchev–Trinajstić information content (AvgIpc) is 2.51. The maximum atomic E-state index is 13.5. The third-order valence-corrected chi connectivity index (χ3v) is 5.55. The van der Waals surface area contributed by atoms with E-state index in [1.165, 1.54) is 4.31 Å². The van der Waals surface area contributed by atoms with Gasteiger partial charge in [0.1, 0.15) is 11.6 Å². The van der Waals surface area contributed by atoms with Crippen molar-refractivity contribution < 1.29 is 22.0 Å². The quantitative estimate of drug-likeness (QED) is 0.917. The second-order valence-electron chi connectivity index (χ2n) is 5.21. The summed E-state index contributed by atoms with van der Waals surface area (Å²) in [6, 6.07) is 2.79. The highest BCUT2D eigenvalue weighted by Crippen LogP contribution is 2.22. The first-order valence-corrected chi connectivity index (χ1v) is 8.68. The SMILES string of the molecule is CCS(=O)(=O)N1CCC[C@H](C(=O)Nc2cc(F)ccc2F)C1. The molecule has 1 fully saturated rings. The van der Waals surface area contributed by atoms with Crippen molar-refractivity contribution in [3.05, 3.63) is 29.8 Å². The van der Waals surface area contributed by atoms with Crippen LogP contribution in [0.1, 0.15) is 19.8 Å². The molecule has 1 atom stereocenters. The maximum absolute atomic E-state index is 13.5. The van der Waals surface area contributed by atoms with E-state index in [2.05, 4.69) is 5.32 Å². The Morgan fingerprint density at radius 1 is 1.41 bits per heavy atom. The summed E-state index contributed by atoms with van der Waals surface area (Å²) in [5.41, 5.74) is -0.236. The monoisotopic (exact) mass is 332 g/mol. The molecule has 1 N–H and O–H groups in total. The number of hydrogen-bond donors (Lipinski definition) is 1. The normalized spacial score (nSPS) is 19.9. The number of carbonyl (C=O) groups excluding carboxylic acids is 1. The van der Waals surface area contributed by atoms with Crippen molar-refractivity contribution in [3.8, 4) is 0 Å². The van der Waals surface area contributed by atoms with Gasteiger partial charge >= 0.3 is 0 Å². The molecule has 1 heterocycles. The Hall–Kier alpha value is -1.54. The standard InChI is InChI=1S/C14H18F2N2O3S/c1-2-22(20,21)18-7-3-4-10(9-18)14(19)17-13-8-11(15)5-6-12(13)16/h5-6,8,10H,2-4,7,9H2,1H3,(H,17,19)/t10-/m0/s1. The van der Waals surface area contributed by atoms with Gasteiger partial charge in [-0.25, -0.2) is 21.5 Å². The molecule has 0 spiro atoms. The van der Waals surface area contributed by atoms with Crippen molar-refractivity contribution in [1.29, 1.82) is 0 Å². The van der Waals surface area contributed by atoms with Gasteiger partial charge in [-0.2, -0.15) is 0 Å². The lowest BCUT2D eigenvalue weighted by Crippen LogP contribution is -2.44. The molecule has 8 heteroatoms. The third kappa shape index (κ3) is 3.80. The summed E-state index contributed by atoms with van der Waals surface area (Å²) in [5, 5.41) is 2.34. The molecule has 1 aliphatic heterocycles. The number of hydrogen-bond acceptors (Lipinski definition) is 3. The Kier molecular flexibility index (Phi) is 5.12. The van der Waals surface area contributed by atoms with E-state index in [1.807, 2.05) is 0 Å². The minimum Gasteiger partial charge on any atom is -0.323 e. The number of anilines is 1. The average molecular weight is 332 g/mol. The molecule has 0 unspecified atom stereocenters. The number of sulfonamides is 1. The Labute approximate surface area is 128 Å². The van der Waals surface area contributed by atoms with Crippen molar-refractivity contribution in [2.24, 2.45) is 5.92 Å². The number of nitrogens with zero attached hydrogens (tertiary/aromatic N) is 1. The first-order chi connectivity index (χ1) is 10.3. The highest BCUT2D eigenvalue weighted by atomic mass is 32.2. The fourth-order valence-corrected chi connectivity index (χ4v) is 3.60. The van der Waals surface area contributed by atoms with E-state index in [0.717, 1.165) is 18.2 Å². The molecule has 0 aliphatic carbocycles. The summed E-state index contributed by atoms with van der Waals surface area (Å²) in [7, 11) is -3.36. The molecule has 5 nitrogen and oxygen atoms in total. The van der Waals surface area contributed by atoms with E-state index in [0.29, 0.717) is 19.4 Å². The fraction of sp³-hybridized carbons (Fsp3) is 0.500. The number of halogens is 2. The smallest absolute Gasteiger partial charge is 0.228 e. The molecule has 0 saturated carbocycles. The predicted molar refractivity (Wildman–Crippen MR) is 78.7 cm³/mol. The number of amides is 1. The van der Waals surface area contributed by atoms with Gasteiger partial charge in [0.15, 0.2) is 0 Å². The van der Waals surface area contributed by atoms with Crippen LogP contribution in [0.15, 0.2) is 18.2 Å². The van der Waals surface area contributed by atoms with Gasteiger partial charge < -0.3 is 5.32 Å². The lowest BCUT2D eigenvalue weighted by molar-refractivity contribution is -0.120. The summed E-state index contributed by atoms with van der Waals surface area (Å²) in [6.45, 7) is 1.99. The van der Waals surface area contributed by atoms with Gasteiger partial charge in [0, 0.05) is 19.2 Å². The van der Waals surface area contributed by atoms with Gasteiger partial charge in [-0.3, -0.25) is 4.79 Å². The van der Waals surface area contributed by atoms with Crippen LogP contribution in [0.2, 0.25) is 0 Å². The second-order valence-corrected chi connectivity index (χ2v) is 7.47. The predicted octanol–water partition coefficient (Wildman–Crippen LogP) is 1.96. The van der Waals surface area contributed by atoms with Gasteiger partial charge in [-0.1, -0.05) is 0 Å². The lowest BCUT2D eigenvalue weighted by atomic mass is 9.98. The van der Waals surface area contributed by atoms with E-state index in [1.54, 1.807) is 6.92 Å². The Bertz CT molecular complexity index is 664. The van der Waals surface area contributed by atoms with Gasteiger partial charge in [-0.05, 0) is 31.9 Å². The van der Waals surface area contributed by atoms with Crippen LogP contribution in [0.5, 0.6) is 0 Å². The van der Waals surface area contributed by atoms with Gasteiger partial charge in [-0.15, -0.1) is 0 Å². The summed E-state index contributed by atoms with van der Waals surface area (Å²) in [5.74, 6) is -2.49. The summed E-state index contributed by atoms with van der Waals surface area (Å²) < 4.78 is 51.6. The molecule has 1 saturated heterocycles. The number of benzene rings is 1. The second kappa shape index (κ2) is 6.70. The number of nitrogens with one attached hydrogen (secondary N) is 1. The van der Waals surface area contributed by atoms with Crippen LogP contribution in [0.4, 0.5) is 14.5 Å². The highest BCUT2D eigenvalue weighted by molar-refractivity contribution is 7.89. The van der Waals surface area contributed by atoms with Crippen molar-refractivity contribution >= 4 is 21.6 Å². The first kappa shape index (κ1) is 16.8. The molecule has 1 aliphatic rings. The van der Waals surface area contributed by atoms with E-state index in [-0.39, 0.29) is 18.0 Å². The molecule has 0 bridgehead atoms. The van der Waals surface area contributed by atoms with E-state index in [9.17, 15) is 22.0 Å². The molecular weight excluding hydrogens is 314 g/mol. The topological polar surface area (TPSA) is 66.5 Å². The molecule has 1 aromatic carbocycles. The van der Waals surface area contributed by atoms with Crippen molar-refractivity contribution in [1.82, 2.24) is 4.31 Å². The largest absolute Gasteiger partial charge is 0.323 e. The molecule has 2 rings (SSSR count). The van der Waals surface area contributed by atoms with Crippen LogP contribution in [-0.2, 0) is 14.8 Å². The van der Waals surface area contributed by atoms with Crippen molar-refractivity contribution in [2.45, 2.75) is 19.8 Å². The summed E-state index contributed by atoms with van der Waals surface area (Å²) in [4.78, 5) is 12.2. The minimum absolute atomic E-state index is 0.0279. The van der Waals surface area contributed by atoms with Crippen LogP contribution < -0.4 is 5.32 Å². The molecule has 0 radical (unpaired) electrons. The summed E-state index contributed by atoms with van der Waals surface area (Å²) in [6.07, 6.45) is 1.07. The molecule has 122 valence electrons. The maximum Gasteiger partial charge on any atom is 0.228 e. The van der Waals surface area contributed by atoms with Gasteiger partial charge in [0.05, 0.1) is 17.4 Å². The molecule has 1 aromatic rings. The zero-order valence-corrected chi connectivity index (χ0v) is 13.0. The van der Waals surface area contributed by atoms with Crippen LogP contribution in [-0.4, -0.2) is 37.5 Å². The van der Waals surface area contributed by atoms with Crippen molar-refractivity contribution in [3.63, 3.8) is 0 Å². The highest BCUT2D eigenvalue weighted by Gasteiger charge is 2.31. The summed E-state index contributed by atoms with van der Waals surface area (Å²) >= 11 is 0. The number of carbonyl (C=O) groups is 1. The first-order valence-electron chi connectivity index (χ1n) is 7.07. The lowest BCUT2D eigenvalue weighted by Gasteiger charge is -2.30. The zero-order chi connectivity index (χ0) is 16.3. The molecule has 22 heavy (non-hydrogen) atoms. The van der Waals surface area contributed by atoms with Crippen LogP contribution in [0.25, 0.3) is 0 Å². The molecule has 0 aromatic heterocycles. The van der Waals surface area contributed by atoms with E-state index < -0.39 is 33.5 Å².